The van der Waals surface area contributed by atoms with E-state index < -0.39 is 21.5 Å². The first-order valence-electron chi connectivity index (χ1n) is 7.18. The zero-order valence-corrected chi connectivity index (χ0v) is 15.6. The number of sulfone groups is 1. The topological polar surface area (TPSA) is 63.2 Å². The largest absolute Gasteiger partial charge is 0.325 e. The van der Waals surface area contributed by atoms with Gasteiger partial charge in [0.1, 0.15) is 5.75 Å². The lowest BCUT2D eigenvalue weighted by Crippen LogP contribution is -2.24. The van der Waals surface area contributed by atoms with Gasteiger partial charge < -0.3 is 5.32 Å². The van der Waals surface area contributed by atoms with E-state index in [1.54, 1.807) is 18.2 Å². The number of benzene rings is 2. The Morgan fingerprint density at radius 3 is 2.33 bits per heavy atom. The summed E-state index contributed by atoms with van der Waals surface area (Å²) in [6, 6.07) is 10.0. The molecule has 0 aliphatic carbocycles. The summed E-state index contributed by atoms with van der Waals surface area (Å²) in [5.41, 5.74) is 3.18. The van der Waals surface area contributed by atoms with Crippen molar-refractivity contribution in [2.24, 2.45) is 0 Å². The lowest BCUT2D eigenvalue weighted by molar-refractivity contribution is -0.113. The standard InChI is InChI=1S/C17H17Cl2NO3S/c1-11-3-5-14(7-12(11)2)20-17(21)10-24(22,23)9-13-4-6-15(18)16(19)8-13/h3-8H,9-10H2,1-2H3,(H,20,21). The average molecular weight is 386 g/mol. The molecule has 0 spiro atoms. The van der Waals surface area contributed by atoms with Crippen molar-refractivity contribution in [1.82, 2.24) is 0 Å². The number of rotatable bonds is 5. The first-order chi connectivity index (χ1) is 11.2. The van der Waals surface area contributed by atoms with Crippen LogP contribution in [0.2, 0.25) is 10.0 Å². The van der Waals surface area contributed by atoms with Crippen LogP contribution in [0.3, 0.4) is 0 Å². The summed E-state index contributed by atoms with van der Waals surface area (Å²) < 4.78 is 24.4. The van der Waals surface area contributed by atoms with E-state index in [-0.39, 0.29) is 10.8 Å². The van der Waals surface area contributed by atoms with Crippen molar-refractivity contribution in [2.45, 2.75) is 19.6 Å². The van der Waals surface area contributed by atoms with Crippen LogP contribution in [-0.4, -0.2) is 20.1 Å². The molecule has 24 heavy (non-hydrogen) atoms. The second-order valence-electron chi connectivity index (χ2n) is 5.63. The lowest BCUT2D eigenvalue weighted by Gasteiger charge is -2.09. The maximum absolute atomic E-state index is 12.2. The first kappa shape index (κ1) is 18.8. The van der Waals surface area contributed by atoms with Crippen LogP contribution in [0.4, 0.5) is 5.69 Å². The molecule has 2 aromatic carbocycles. The lowest BCUT2D eigenvalue weighted by atomic mass is 10.1. The van der Waals surface area contributed by atoms with Crippen molar-refractivity contribution in [3.8, 4) is 0 Å². The summed E-state index contributed by atoms with van der Waals surface area (Å²) in [7, 11) is -3.62. The third-order valence-corrected chi connectivity index (χ3v) is 5.73. The molecular weight excluding hydrogens is 369 g/mol. The fourth-order valence-corrected chi connectivity index (χ4v) is 3.73. The minimum absolute atomic E-state index is 0.274. The summed E-state index contributed by atoms with van der Waals surface area (Å²) in [6.07, 6.45) is 0. The van der Waals surface area contributed by atoms with Crippen molar-refractivity contribution < 1.29 is 13.2 Å². The number of carbonyl (C=O) groups is 1. The number of hydrogen-bond donors (Lipinski definition) is 1. The van der Waals surface area contributed by atoms with E-state index in [0.717, 1.165) is 11.1 Å². The van der Waals surface area contributed by atoms with Gasteiger partial charge >= 0.3 is 0 Å². The second kappa shape index (κ2) is 7.55. The van der Waals surface area contributed by atoms with Crippen molar-refractivity contribution >= 4 is 44.6 Å². The molecule has 0 saturated carbocycles. The Labute approximate surface area is 151 Å². The van der Waals surface area contributed by atoms with Crippen molar-refractivity contribution in [3.05, 3.63) is 63.1 Å². The SMILES string of the molecule is Cc1ccc(NC(=O)CS(=O)(=O)Cc2ccc(Cl)c(Cl)c2)cc1C. The molecule has 1 amide bonds. The molecule has 0 radical (unpaired) electrons. The zero-order chi connectivity index (χ0) is 17.9. The van der Waals surface area contributed by atoms with Crippen LogP contribution >= 0.6 is 23.2 Å². The molecular formula is C17H17Cl2NO3S. The summed E-state index contributed by atoms with van der Waals surface area (Å²) >= 11 is 11.7. The summed E-state index contributed by atoms with van der Waals surface area (Å²) in [6.45, 7) is 3.88. The fourth-order valence-electron chi connectivity index (χ4n) is 2.15. The molecule has 2 rings (SSSR count). The van der Waals surface area contributed by atoms with Crippen molar-refractivity contribution in [3.63, 3.8) is 0 Å². The molecule has 0 aliphatic heterocycles. The number of aryl methyl sites for hydroxylation is 2. The van der Waals surface area contributed by atoms with Crippen LogP contribution in [0, 0.1) is 13.8 Å². The Kier molecular flexibility index (Phi) is 5.91. The van der Waals surface area contributed by atoms with Gasteiger partial charge in [0.2, 0.25) is 5.91 Å². The number of nitrogens with one attached hydrogen (secondary N) is 1. The number of hydrogen-bond acceptors (Lipinski definition) is 3. The van der Waals surface area contributed by atoms with E-state index in [4.69, 9.17) is 23.2 Å². The van der Waals surface area contributed by atoms with Crippen LogP contribution < -0.4 is 5.32 Å². The molecule has 0 aliphatic rings. The molecule has 0 aromatic heterocycles. The molecule has 128 valence electrons. The number of carbonyl (C=O) groups excluding carboxylic acids is 1. The molecule has 0 saturated heterocycles. The summed E-state index contributed by atoms with van der Waals surface area (Å²) in [4.78, 5) is 12.0. The van der Waals surface area contributed by atoms with Crippen molar-refractivity contribution in [2.75, 3.05) is 11.1 Å². The maximum atomic E-state index is 12.2. The van der Waals surface area contributed by atoms with Gasteiger partial charge in [-0.05, 0) is 54.8 Å². The van der Waals surface area contributed by atoms with Crippen LogP contribution in [0.5, 0.6) is 0 Å². The number of anilines is 1. The summed E-state index contributed by atoms with van der Waals surface area (Å²) in [5, 5.41) is 3.24. The third-order valence-electron chi connectivity index (χ3n) is 3.51. The predicted octanol–water partition coefficient (Wildman–Crippen LogP) is 4.16. The van der Waals surface area contributed by atoms with Gasteiger partial charge in [-0.3, -0.25) is 4.79 Å². The Hall–Kier alpha value is -1.56. The van der Waals surface area contributed by atoms with E-state index in [1.165, 1.54) is 12.1 Å². The van der Waals surface area contributed by atoms with Gasteiger partial charge in [-0.25, -0.2) is 8.42 Å². The highest BCUT2D eigenvalue weighted by atomic mass is 35.5. The van der Waals surface area contributed by atoms with E-state index in [1.807, 2.05) is 19.9 Å². The smallest absolute Gasteiger partial charge is 0.239 e. The molecule has 1 N–H and O–H groups in total. The highest BCUT2D eigenvalue weighted by Gasteiger charge is 2.18. The molecule has 0 atom stereocenters. The average Bonchev–Trinajstić information content (AvgIpc) is 2.46. The molecule has 0 unspecified atom stereocenters. The van der Waals surface area contributed by atoms with E-state index in [2.05, 4.69) is 5.32 Å². The van der Waals surface area contributed by atoms with E-state index in [9.17, 15) is 13.2 Å². The van der Waals surface area contributed by atoms with Crippen LogP contribution in [0.15, 0.2) is 36.4 Å². The zero-order valence-electron chi connectivity index (χ0n) is 13.3. The van der Waals surface area contributed by atoms with Gasteiger partial charge in [0.05, 0.1) is 15.8 Å². The Morgan fingerprint density at radius 1 is 1.00 bits per heavy atom. The Bertz CT molecular complexity index is 879. The predicted molar refractivity (Wildman–Crippen MR) is 98.5 cm³/mol. The fraction of sp³-hybridized carbons (Fsp3) is 0.235. The molecule has 0 heterocycles. The van der Waals surface area contributed by atoms with Gasteiger partial charge in [0, 0.05) is 5.69 Å². The Morgan fingerprint density at radius 2 is 1.71 bits per heavy atom. The van der Waals surface area contributed by atoms with E-state index in [0.29, 0.717) is 16.3 Å². The van der Waals surface area contributed by atoms with Crippen molar-refractivity contribution in [1.29, 1.82) is 0 Å². The third kappa shape index (κ3) is 5.23. The molecule has 7 heteroatoms. The Balaban J connectivity index is 2.03. The number of halogens is 2. The van der Waals surface area contributed by atoms with Crippen LogP contribution in [0.1, 0.15) is 16.7 Å². The minimum Gasteiger partial charge on any atom is -0.325 e. The monoisotopic (exact) mass is 385 g/mol. The second-order valence-corrected chi connectivity index (χ2v) is 8.51. The first-order valence-corrected chi connectivity index (χ1v) is 9.75. The quantitative estimate of drug-likeness (QED) is 0.839. The van der Waals surface area contributed by atoms with Gasteiger partial charge in [-0.2, -0.15) is 0 Å². The van der Waals surface area contributed by atoms with Gasteiger partial charge in [0.15, 0.2) is 9.84 Å². The maximum Gasteiger partial charge on any atom is 0.239 e. The highest BCUT2D eigenvalue weighted by Crippen LogP contribution is 2.23. The molecule has 4 nitrogen and oxygen atoms in total. The van der Waals surface area contributed by atoms with Gasteiger partial charge in [-0.15, -0.1) is 0 Å². The van der Waals surface area contributed by atoms with E-state index >= 15 is 0 Å². The van der Waals surface area contributed by atoms with Crippen LogP contribution in [0.25, 0.3) is 0 Å². The number of amides is 1. The highest BCUT2D eigenvalue weighted by molar-refractivity contribution is 7.91. The molecule has 0 bridgehead atoms. The van der Waals surface area contributed by atoms with Gasteiger partial charge in [0.25, 0.3) is 0 Å². The molecule has 2 aromatic rings. The molecule has 0 fully saturated rings. The minimum atomic E-state index is -3.62. The normalized spacial score (nSPS) is 11.3. The summed E-state index contributed by atoms with van der Waals surface area (Å²) in [5.74, 6) is -1.44. The van der Waals surface area contributed by atoms with Crippen LogP contribution in [-0.2, 0) is 20.4 Å². The van der Waals surface area contributed by atoms with Gasteiger partial charge in [-0.1, -0.05) is 35.3 Å².